The van der Waals surface area contributed by atoms with Gasteiger partial charge < -0.3 is 14.0 Å². The summed E-state index contributed by atoms with van der Waals surface area (Å²) in [6.45, 7) is 9.08. The van der Waals surface area contributed by atoms with Crippen LogP contribution in [0.3, 0.4) is 0 Å². The van der Waals surface area contributed by atoms with E-state index < -0.39 is 18.3 Å². The monoisotopic (exact) mass is 383 g/mol. The summed E-state index contributed by atoms with van der Waals surface area (Å²) in [6, 6.07) is 5.95. The molecule has 0 radical (unpaired) electrons. The van der Waals surface area contributed by atoms with Crippen LogP contribution < -0.4 is 11.2 Å². The number of methoxy groups -OCH3 is 1. The molecule has 1 aromatic carbocycles. The van der Waals surface area contributed by atoms with Crippen molar-refractivity contribution in [2.75, 3.05) is 13.7 Å². The van der Waals surface area contributed by atoms with E-state index in [1.54, 1.807) is 29.5 Å². The number of aryl methyl sites for hydroxylation is 1. The van der Waals surface area contributed by atoms with Gasteiger partial charge in [-0.1, -0.05) is 12.1 Å². The molecule has 8 heteroatoms. The van der Waals surface area contributed by atoms with E-state index in [0.29, 0.717) is 13.2 Å². The molecule has 0 unspecified atom stereocenters. The molecule has 148 valence electrons. The summed E-state index contributed by atoms with van der Waals surface area (Å²) < 4.78 is 21.0. The Hall–Kier alpha value is -2.16. The van der Waals surface area contributed by atoms with E-state index in [1.807, 2.05) is 45.9 Å². The number of fused-ring (bicyclic) bond motifs is 3. The van der Waals surface area contributed by atoms with Crippen LogP contribution >= 0.6 is 0 Å². The lowest BCUT2D eigenvalue weighted by molar-refractivity contribution is 0.00578. The zero-order chi connectivity index (χ0) is 20.3. The maximum Gasteiger partial charge on any atom is 0.494 e. The Labute approximate surface area is 164 Å². The van der Waals surface area contributed by atoms with Crippen molar-refractivity contribution in [3.63, 3.8) is 0 Å². The number of ether oxygens (including phenoxy) is 1. The minimum Gasteiger partial charge on any atom is -0.399 e. The Morgan fingerprint density at radius 1 is 1.18 bits per heavy atom. The normalized spacial score (nSPS) is 18.4. The second-order valence-electron chi connectivity index (χ2n) is 8.34. The molecule has 2 aromatic heterocycles. The molecular weight excluding hydrogens is 357 g/mol. The SMILES string of the molecule is COCCn1c(=O)n(C)c2cnc3ccc(B4OC(C)(C)C(C)(C)O4)cc3c21. The first-order valence-corrected chi connectivity index (χ1v) is 9.49. The number of hydrogen-bond donors (Lipinski definition) is 0. The molecule has 0 N–H and O–H groups in total. The number of imidazole rings is 1. The van der Waals surface area contributed by atoms with Crippen LogP contribution in [-0.4, -0.2) is 46.2 Å². The lowest BCUT2D eigenvalue weighted by atomic mass is 9.78. The largest absolute Gasteiger partial charge is 0.494 e. The third-order valence-corrected chi connectivity index (χ3v) is 6.04. The Morgan fingerprint density at radius 3 is 2.50 bits per heavy atom. The van der Waals surface area contributed by atoms with Gasteiger partial charge in [-0.05, 0) is 39.2 Å². The lowest BCUT2D eigenvalue weighted by Gasteiger charge is -2.32. The predicted molar refractivity (Wildman–Crippen MR) is 110 cm³/mol. The van der Waals surface area contributed by atoms with Crippen LogP contribution in [0.25, 0.3) is 21.9 Å². The minimum absolute atomic E-state index is 0.0811. The summed E-state index contributed by atoms with van der Waals surface area (Å²) >= 11 is 0. The van der Waals surface area contributed by atoms with Gasteiger partial charge in [0.15, 0.2) is 0 Å². The summed E-state index contributed by atoms with van der Waals surface area (Å²) in [7, 11) is 2.93. The van der Waals surface area contributed by atoms with Gasteiger partial charge in [0, 0.05) is 19.5 Å². The molecule has 1 aliphatic heterocycles. The minimum atomic E-state index is -0.465. The van der Waals surface area contributed by atoms with Gasteiger partial charge >= 0.3 is 12.8 Å². The van der Waals surface area contributed by atoms with Crippen LogP contribution in [0.4, 0.5) is 0 Å². The third-order valence-electron chi connectivity index (χ3n) is 6.04. The van der Waals surface area contributed by atoms with Gasteiger partial charge in [-0.2, -0.15) is 0 Å². The van der Waals surface area contributed by atoms with Crippen LogP contribution in [0.2, 0.25) is 0 Å². The van der Waals surface area contributed by atoms with Gasteiger partial charge in [0.1, 0.15) is 0 Å². The van der Waals surface area contributed by atoms with E-state index in [0.717, 1.165) is 27.4 Å². The summed E-state index contributed by atoms with van der Waals surface area (Å²) in [5, 5.41) is 0.901. The molecule has 0 aliphatic carbocycles. The topological polar surface area (TPSA) is 67.5 Å². The number of nitrogens with zero attached hydrogens (tertiary/aromatic N) is 3. The highest BCUT2D eigenvalue weighted by Crippen LogP contribution is 2.36. The average molecular weight is 383 g/mol. The van der Waals surface area contributed by atoms with Crippen molar-refractivity contribution >= 4 is 34.5 Å². The molecule has 3 heterocycles. The van der Waals surface area contributed by atoms with E-state index in [2.05, 4.69) is 4.98 Å². The van der Waals surface area contributed by atoms with Gasteiger partial charge in [-0.25, -0.2) is 4.79 Å². The molecule has 0 spiro atoms. The van der Waals surface area contributed by atoms with Gasteiger partial charge in [0.25, 0.3) is 0 Å². The molecule has 0 saturated carbocycles. The number of hydrogen-bond acceptors (Lipinski definition) is 5. The molecule has 28 heavy (non-hydrogen) atoms. The molecule has 1 saturated heterocycles. The van der Waals surface area contributed by atoms with E-state index in [1.165, 1.54) is 0 Å². The molecule has 0 atom stereocenters. The lowest BCUT2D eigenvalue weighted by Crippen LogP contribution is -2.41. The highest BCUT2D eigenvalue weighted by atomic mass is 16.7. The average Bonchev–Trinajstić information content (AvgIpc) is 3.02. The standard InChI is InChI=1S/C20H26BN3O4/c1-19(2)20(3,4)28-21(27-19)13-7-8-15-14(11-13)17-16(12-22-15)23(5)18(25)24(17)9-10-26-6/h7-8,11-12H,9-10H2,1-6H3. The van der Waals surface area contributed by atoms with Crippen molar-refractivity contribution in [3.05, 3.63) is 34.9 Å². The highest BCUT2D eigenvalue weighted by Gasteiger charge is 2.51. The Balaban J connectivity index is 1.90. The van der Waals surface area contributed by atoms with Crippen LogP contribution in [0, 0.1) is 0 Å². The highest BCUT2D eigenvalue weighted by molar-refractivity contribution is 6.62. The fraction of sp³-hybridized carbons (Fsp3) is 0.500. The molecule has 1 aliphatic rings. The quantitative estimate of drug-likeness (QED) is 0.644. The molecule has 0 bridgehead atoms. The predicted octanol–water partition coefficient (Wildman–Crippen LogP) is 1.83. The van der Waals surface area contributed by atoms with Crippen molar-refractivity contribution in [2.45, 2.75) is 45.4 Å². The van der Waals surface area contributed by atoms with Crippen molar-refractivity contribution in [1.29, 1.82) is 0 Å². The van der Waals surface area contributed by atoms with Crippen LogP contribution in [0.15, 0.2) is 29.2 Å². The Bertz CT molecular complexity index is 1100. The summed E-state index contributed by atoms with van der Waals surface area (Å²) in [5.74, 6) is 0. The van der Waals surface area contributed by atoms with Crippen molar-refractivity contribution < 1.29 is 14.0 Å². The smallest absolute Gasteiger partial charge is 0.399 e. The second-order valence-corrected chi connectivity index (χ2v) is 8.34. The first-order valence-electron chi connectivity index (χ1n) is 9.49. The molecule has 1 fully saturated rings. The fourth-order valence-electron chi connectivity index (χ4n) is 3.61. The molecule has 3 aromatic rings. The number of benzene rings is 1. The molecular formula is C20H26BN3O4. The summed E-state index contributed by atoms with van der Waals surface area (Å²) in [5.41, 5.74) is 2.48. The third kappa shape index (κ3) is 2.79. The molecule has 7 nitrogen and oxygen atoms in total. The molecule has 4 rings (SSSR count). The Kier molecular flexibility index (Phi) is 4.41. The van der Waals surface area contributed by atoms with Crippen LogP contribution in [0.1, 0.15) is 27.7 Å². The maximum absolute atomic E-state index is 12.7. The first-order chi connectivity index (χ1) is 13.2. The van der Waals surface area contributed by atoms with E-state index in [4.69, 9.17) is 14.0 Å². The number of aromatic nitrogens is 3. The summed E-state index contributed by atoms with van der Waals surface area (Å²) in [6.07, 6.45) is 1.75. The van der Waals surface area contributed by atoms with Crippen molar-refractivity contribution in [1.82, 2.24) is 14.1 Å². The van der Waals surface area contributed by atoms with Gasteiger partial charge in [-0.3, -0.25) is 14.1 Å². The first kappa shape index (κ1) is 19.2. The van der Waals surface area contributed by atoms with E-state index >= 15 is 0 Å². The maximum atomic E-state index is 12.7. The van der Waals surface area contributed by atoms with Crippen molar-refractivity contribution in [2.24, 2.45) is 7.05 Å². The Morgan fingerprint density at radius 2 is 1.86 bits per heavy atom. The second kappa shape index (κ2) is 6.44. The van der Waals surface area contributed by atoms with Gasteiger partial charge in [0.05, 0.1) is 47.1 Å². The van der Waals surface area contributed by atoms with Crippen molar-refractivity contribution in [3.8, 4) is 0 Å². The fourth-order valence-corrected chi connectivity index (χ4v) is 3.61. The van der Waals surface area contributed by atoms with E-state index in [-0.39, 0.29) is 5.69 Å². The van der Waals surface area contributed by atoms with Gasteiger partial charge in [-0.15, -0.1) is 0 Å². The van der Waals surface area contributed by atoms with E-state index in [9.17, 15) is 4.79 Å². The number of pyridine rings is 1. The number of rotatable bonds is 4. The zero-order valence-electron chi connectivity index (χ0n) is 17.3. The zero-order valence-corrected chi connectivity index (χ0v) is 17.3. The van der Waals surface area contributed by atoms with Crippen LogP contribution in [0.5, 0.6) is 0 Å². The molecule has 0 amide bonds. The summed E-state index contributed by atoms with van der Waals surface area (Å²) in [4.78, 5) is 17.3. The van der Waals surface area contributed by atoms with Crippen LogP contribution in [-0.2, 0) is 27.6 Å². The van der Waals surface area contributed by atoms with Gasteiger partial charge in [0.2, 0.25) is 0 Å².